The molecule has 0 radical (unpaired) electrons. The molecule has 0 spiro atoms. The van der Waals surface area contributed by atoms with Crippen molar-refractivity contribution in [3.8, 4) is 0 Å². The van der Waals surface area contributed by atoms with E-state index in [-0.39, 0.29) is 0 Å². The highest BCUT2D eigenvalue weighted by atomic mass is 79.9. The smallest absolute Gasteiger partial charge is 0.0374 e. The van der Waals surface area contributed by atoms with Gasteiger partial charge in [0.1, 0.15) is 0 Å². The second kappa shape index (κ2) is 5.58. The number of benzene rings is 2. The van der Waals surface area contributed by atoms with E-state index < -0.39 is 0 Å². The summed E-state index contributed by atoms with van der Waals surface area (Å²) in [5.41, 5.74) is 5.28. The molecule has 1 aliphatic carbocycles. The highest BCUT2D eigenvalue weighted by Gasteiger charge is 2.14. The van der Waals surface area contributed by atoms with Gasteiger partial charge in [0.2, 0.25) is 0 Å². The van der Waals surface area contributed by atoms with Crippen LogP contribution in [0.3, 0.4) is 0 Å². The Bertz CT molecular complexity index is 609. The van der Waals surface area contributed by atoms with Crippen molar-refractivity contribution in [3.05, 3.63) is 83.9 Å². The summed E-state index contributed by atoms with van der Waals surface area (Å²) < 4.78 is 0. The first-order valence-corrected chi connectivity index (χ1v) is 7.42. The fourth-order valence-corrected chi connectivity index (χ4v) is 3.06. The van der Waals surface area contributed by atoms with Crippen LogP contribution >= 0.6 is 15.9 Å². The lowest BCUT2D eigenvalue weighted by Gasteiger charge is -2.18. The van der Waals surface area contributed by atoms with Crippen molar-refractivity contribution < 1.29 is 0 Å². The molecule has 19 heavy (non-hydrogen) atoms. The highest BCUT2D eigenvalue weighted by molar-refractivity contribution is 9.09. The molecule has 3 rings (SSSR count). The minimum absolute atomic E-state index is 0.405. The second-order valence-corrected chi connectivity index (χ2v) is 5.92. The van der Waals surface area contributed by atoms with Gasteiger partial charge in [0, 0.05) is 4.83 Å². The van der Waals surface area contributed by atoms with Gasteiger partial charge in [-0.1, -0.05) is 88.7 Å². The summed E-state index contributed by atoms with van der Waals surface area (Å²) in [5.74, 6) is 0. The first-order valence-electron chi connectivity index (χ1n) is 6.50. The largest absolute Gasteiger partial charge is 0.0841 e. The van der Waals surface area contributed by atoms with E-state index >= 15 is 0 Å². The third-order valence-corrected chi connectivity index (χ3v) is 3.94. The average molecular weight is 311 g/mol. The number of rotatable bonds is 2. The molecule has 2 aromatic rings. The van der Waals surface area contributed by atoms with Crippen molar-refractivity contribution in [1.82, 2.24) is 0 Å². The lowest BCUT2D eigenvalue weighted by Crippen LogP contribution is -2.02. The molecule has 0 saturated heterocycles. The van der Waals surface area contributed by atoms with Crippen molar-refractivity contribution >= 4 is 27.1 Å². The first-order chi connectivity index (χ1) is 9.33. The van der Waals surface area contributed by atoms with Crippen LogP contribution in [0.1, 0.15) is 17.5 Å². The quantitative estimate of drug-likeness (QED) is 0.658. The molecular weight excluding hydrogens is 296 g/mol. The Kier molecular flexibility index (Phi) is 3.65. The lowest BCUT2D eigenvalue weighted by atomic mass is 9.91. The minimum atomic E-state index is 0.405. The summed E-state index contributed by atoms with van der Waals surface area (Å²) in [5, 5.41) is 0. The van der Waals surface area contributed by atoms with Crippen molar-refractivity contribution in [3.63, 3.8) is 0 Å². The molecular formula is C18H15Br. The van der Waals surface area contributed by atoms with Crippen LogP contribution in [0.4, 0.5) is 0 Å². The van der Waals surface area contributed by atoms with E-state index in [1.807, 2.05) is 0 Å². The summed E-state index contributed by atoms with van der Waals surface area (Å²) in [4.78, 5) is 0.405. The van der Waals surface area contributed by atoms with Gasteiger partial charge in [0.25, 0.3) is 0 Å². The molecule has 0 aromatic heterocycles. The van der Waals surface area contributed by atoms with Crippen LogP contribution < -0.4 is 0 Å². The summed E-state index contributed by atoms with van der Waals surface area (Å²) in [6, 6.07) is 21.2. The van der Waals surface area contributed by atoms with Crippen LogP contribution in [-0.2, 0) is 0 Å². The molecule has 94 valence electrons. The summed E-state index contributed by atoms with van der Waals surface area (Å²) >= 11 is 3.75. The van der Waals surface area contributed by atoms with E-state index in [2.05, 4.69) is 88.7 Å². The zero-order valence-corrected chi connectivity index (χ0v) is 12.2. The zero-order valence-electron chi connectivity index (χ0n) is 10.6. The number of hydrogen-bond acceptors (Lipinski definition) is 0. The lowest BCUT2D eigenvalue weighted by molar-refractivity contribution is 1.10. The first kappa shape index (κ1) is 12.4. The maximum Gasteiger partial charge on any atom is 0.0374 e. The molecule has 0 heterocycles. The predicted octanol–water partition coefficient (Wildman–Crippen LogP) is 5.32. The van der Waals surface area contributed by atoms with Gasteiger partial charge in [-0.25, -0.2) is 0 Å². The van der Waals surface area contributed by atoms with Crippen molar-refractivity contribution in [2.24, 2.45) is 0 Å². The van der Waals surface area contributed by atoms with Crippen LogP contribution in [0.2, 0.25) is 0 Å². The topological polar surface area (TPSA) is 0 Å². The molecule has 1 unspecified atom stereocenters. The molecule has 0 saturated carbocycles. The Balaban J connectivity index is 2.00. The van der Waals surface area contributed by atoms with E-state index in [9.17, 15) is 0 Å². The Morgan fingerprint density at radius 3 is 2.00 bits per heavy atom. The SMILES string of the molecule is BrC1C=C(c2ccccc2)C=C(c2ccccc2)C1. The van der Waals surface area contributed by atoms with E-state index in [0.29, 0.717) is 4.83 Å². The Morgan fingerprint density at radius 1 is 0.789 bits per heavy atom. The molecule has 0 aliphatic heterocycles. The Hall–Kier alpha value is -1.60. The standard InChI is InChI=1S/C18H15Br/c19-18-12-16(14-7-3-1-4-8-14)11-17(13-18)15-9-5-2-6-10-15/h1-12,18H,13H2. The molecule has 0 bridgehead atoms. The maximum atomic E-state index is 3.75. The van der Waals surface area contributed by atoms with E-state index in [4.69, 9.17) is 0 Å². The van der Waals surface area contributed by atoms with Crippen molar-refractivity contribution in [2.45, 2.75) is 11.2 Å². The van der Waals surface area contributed by atoms with Crippen LogP contribution in [0, 0.1) is 0 Å². The van der Waals surface area contributed by atoms with Crippen molar-refractivity contribution in [1.29, 1.82) is 0 Å². The number of allylic oxidation sites excluding steroid dienone is 4. The fraction of sp³-hybridized carbons (Fsp3) is 0.111. The van der Waals surface area contributed by atoms with Gasteiger partial charge in [-0.05, 0) is 28.7 Å². The van der Waals surface area contributed by atoms with Gasteiger partial charge >= 0.3 is 0 Å². The van der Waals surface area contributed by atoms with E-state index in [0.717, 1.165) is 6.42 Å². The highest BCUT2D eigenvalue weighted by Crippen LogP contribution is 2.33. The monoisotopic (exact) mass is 310 g/mol. The van der Waals surface area contributed by atoms with Gasteiger partial charge in [0.15, 0.2) is 0 Å². The van der Waals surface area contributed by atoms with Gasteiger partial charge < -0.3 is 0 Å². The fourth-order valence-electron chi connectivity index (χ4n) is 2.42. The molecule has 1 aliphatic rings. The van der Waals surface area contributed by atoms with Crippen LogP contribution in [0.5, 0.6) is 0 Å². The summed E-state index contributed by atoms with van der Waals surface area (Å²) in [6.45, 7) is 0. The van der Waals surface area contributed by atoms with Gasteiger partial charge in [0.05, 0.1) is 0 Å². The number of alkyl halides is 1. The molecule has 2 aromatic carbocycles. The average Bonchev–Trinajstić information content (AvgIpc) is 2.48. The molecule has 0 fully saturated rings. The minimum Gasteiger partial charge on any atom is -0.0841 e. The third kappa shape index (κ3) is 2.87. The molecule has 0 N–H and O–H groups in total. The van der Waals surface area contributed by atoms with Crippen LogP contribution in [-0.4, -0.2) is 4.83 Å². The number of halogens is 1. The Morgan fingerprint density at radius 2 is 1.37 bits per heavy atom. The van der Waals surface area contributed by atoms with Crippen molar-refractivity contribution in [2.75, 3.05) is 0 Å². The Labute approximate surface area is 122 Å². The van der Waals surface area contributed by atoms with Crippen LogP contribution in [0.25, 0.3) is 11.1 Å². The van der Waals surface area contributed by atoms with E-state index in [1.54, 1.807) is 0 Å². The maximum absolute atomic E-state index is 3.75. The third-order valence-electron chi connectivity index (χ3n) is 3.36. The normalized spacial score (nSPS) is 18.7. The van der Waals surface area contributed by atoms with E-state index in [1.165, 1.54) is 22.3 Å². The zero-order chi connectivity index (χ0) is 13.1. The molecule has 0 amide bonds. The molecule has 0 nitrogen and oxygen atoms in total. The second-order valence-electron chi connectivity index (χ2n) is 4.74. The van der Waals surface area contributed by atoms with Gasteiger partial charge in [-0.3, -0.25) is 0 Å². The number of hydrogen-bond donors (Lipinski definition) is 0. The van der Waals surface area contributed by atoms with Gasteiger partial charge in [-0.2, -0.15) is 0 Å². The summed E-state index contributed by atoms with van der Waals surface area (Å²) in [7, 11) is 0. The molecule has 1 heteroatoms. The van der Waals surface area contributed by atoms with Gasteiger partial charge in [-0.15, -0.1) is 0 Å². The predicted molar refractivity (Wildman–Crippen MR) is 86.2 cm³/mol. The summed E-state index contributed by atoms with van der Waals surface area (Å²) in [6.07, 6.45) is 5.64. The molecule has 1 atom stereocenters. The van der Waals surface area contributed by atoms with Crippen LogP contribution in [0.15, 0.2) is 72.8 Å².